The molecule has 0 bridgehead atoms. The van der Waals surface area contributed by atoms with E-state index in [1.165, 1.54) is 11.3 Å². The number of nitrogens with zero attached hydrogens (tertiary/aromatic N) is 2. The van der Waals surface area contributed by atoms with Gasteiger partial charge in [0.1, 0.15) is 6.04 Å². The van der Waals surface area contributed by atoms with Crippen LogP contribution in [0.1, 0.15) is 17.0 Å². The number of anilines is 1. The quantitative estimate of drug-likeness (QED) is 0.746. The van der Waals surface area contributed by atoms with Crippen LogP contribution in [0.15, 0.2) is 0 Å². The van der Waals surface area contributed by atoms with Crippen molar-refractivity contribution in [3.8, 4) is 0 Å². The molecule has 2 rings (SSSR count). The molecule has 7 nitrogen and oxygen atoms in total. The number of carboxylic acid groups (broad SMARTS) is 1. The van der Waals surface area contributed by atoms with Crippen molar-refractivity contribution in [3.63, 3.8) is 0 Å². The van der Waals surface area contributed by atoms with Crippen molar-refractivity contribution in [2.75, 3.05) is 11.9 Å². The van der Waals surface area contributed by atoms with Crippen molar-refractivity contribution in [2.45, 2.75) is 32.4 Å². The molecule has 8 heteroatoms. The zero-order valence-electron chi connectivity index (χ0n) is 10.6. The highest BCUT2D eigenvalue weighted by molar-refractivity contribution is 7.15. The first-order valence-electron chi connectivity index (χ1n) is 5.81. The number of likely N-dealkylation sites (tertiary alicyclic amines) is 1. The summed E-state index contributed by atoms with van der Waals surface area (Å²) in [7, 11) is 0. The Morgan fingerprint density at radius 2 is 2.16 bits per heavy atom. The number of aliphatic carboxylic acids is 1. The summed E-state index contributed by atoms with van der Waals surface area (Å²) < 4.78 is 0. The van der Waals surface area contributed by atoms with Crippen LogP contribution < -0.4 is 5.32 Å². The van der Waals surface area contributed by atoms with E-state index >= 15 is 0 Å². The Morgan fingerprint density at radius 1 is 1.47 bits per heavy atom. The summed E-state index contributed by atoms with van der Waals surface area (Å²) in [6.45, 7) is 3.75. The van der Waals surface area contributed by atoms with Crippen LogP contribution in [0.4, 0.5) is 9.93 Å². The summed E-state index contributed by atoms with van der Waals surface area (Å²) >= 11 is 1.33. The molecule has 2 unspecified atom stereocenters. The highest BCUT2D eigenvalue weighted by atomic mass is 32.1. The Kier molecular flexibility index (Phi) is 3.72. The fraction of sp³-hybridized carbons (Fsp3) is 0.545. The van der Waals surface area contributed by atoms with Crippen molar-refractivity contribution in [1.29, 1.82) is 0 Å². The first-order chi connectivity index (χ1) is 8.88. The molecule has 3 N–H and O–H groups in total. The molecule has 2 atom stereocenters. The van der Waals surface area contributed by atoms with Gasteiger partial charge in [-0.2, -0.15) is 0 Å². The molecule has 1 aromatic heterocycles. The van der Waals surface area contributed by atoms with Gasteiger partial charge in [0.2, 0.25) is 0 Å². The highest BCUT2D eigenvalue weighted by Crippen LogP contribution is 2.23. The summed E-state index contributed by atoms with van der Waals surface area (Å²) in [6.07, 6.45) is -0.745. The normalized spacial score (nSPS) is 22.6. The molecule has 19 heavy (non-hydrogen) atoms. The van der Waals surface area contributed by atoms with Gasteiger partial charge in [-0.15, -0.1) is 11.3 Å². The molecule has 2 amide bonds. The Balaban J connectivity index is 2.08. The summed E-state index contributed by atoms with van der Waals surface area (Å²) in [5, 5.41) is 21.5. The minimum absolute atomic E-state index is 0.0200. The van der Waals surface area contributed by atoms with Gasteiger partial charge in [0.25, 0.3) is 0 Å². The number of aryl methyl sites for hydroxylation is 2. The van der Waals surface area contributed by atoms with Gasteiger partial charge < -0.3 is 15.1 Å². The van der Waals surface area contributed by atoms with Gasteiger partial charge in [0.05, 0.1) is 11.8 Å². The van der Waals surface area contributed by atoms with Gasteiger partial charge in [0, 0.05) is 17.8 Å². The number of aliphatic hydroxyl groups is 1. The number of hydrogen-bond donors (Lipinski definition) is 3. The van der Waals surface area contributed by atoms with Crippen molar-refractivity contribution in [3.05, 3.63) is 10.6 Å². The van der Waals surface area contributed by atoms with Gasteiger partial charge in [-0.3, -0.25) is 5.32 Å². The fourth-order valence-electron chi connectivity index (χ4n) is 1.96. The van der Waals surface area contributed by atoms with E-state index < -0.39 is 24.1 Å². The predicted octanol–water partition coefficient (Wildman–Crippen LogP) is 0.812. The maximum absolute atomic E-state index is 12.0. The fourth-order valence-corrected chi connectivity index (χ4v) is 2.77. The molecule has 1 aliphatic heterocycles. The number of rotatable bonds is 2. The van der Waals surface area contributed by atoms with Gasteiger partial charge in [-0.25, -0.2) is 14.6 Å². The Morgan fingerprint density at radius 3 is 2.68 bits per heavy atom. The van der Waals surface area contributed by atoms with Crippen LogP contribution in [0, 0.1) is 13.8 Å². The van der Waals surface area contributed by atoms with E-state index in [1.54, 1.807) is 0 Å². The number of urea groups is 1. The minimum Gasteiger partial charge on any atom is -0.480 e. The van der Waals surface area contributed by atoms with Crippen LogP contribution in [-0.2, 0) is 4.79 Å². The molecular formula is C11H15N3O4S. The van der Waals surface area contributed by atoms with E-state index in [0.29, 0.717) is 5.13 Å². The van der Waals surface area contributed by atoms with Crippen LogP contribution in [0.2, 0.25) is 0 Å². The van der Waals surface area contributed by atoms with Gasteiger partial charge >= 0.3 is 12.0 Å². The lowest BCUT2D eigenvalue weighted by Crippen LogP contribution is -2.43. The molecule has 0 spiro atoms. The van der Waals surface area contributed by atoms with Crippen LogP contribution in [0.25, 0.3) is 0 Å². The zero-order valence-corrected chi connectivity index (χ0v) is 11.4. The number of aliphatic hydroxyl groups excluding tert-OH is 1. The Bertz CT molecular complexity index is 497. The van der Waals surface area contributed by atoms with Crippen molar-refractivity contribution >= 4 is 28.5 Å². The molecule has 0 aromatic carbocycles. The lowest BCUT2D eigenvalue weighted by atomic mass is 10.2. The topological polar surface area (TPSA) is 103 Å². The molecule has 1 aliphatic rings. The van der Waals surface area contributed by atoms with E-state index in [9.17, 15) is 14.7 Å². The molecule has 1 saturated heterocycles. The Hall–Kier alpha value is -1.67. The third kappa shape index (κ3) is 2.85. The second-order valence-electron chi connectivity index (χ2n) is 4.49. The number of β-amino-alcohol motifs (C(OH)–C–C–N with tert-alkyl or cyclic N) is 1. The highest BCUT2D eigenvalue weighted by Gasteiger charge is 2.39. The molecule has 0 saturated carbocycles. The van der Waals surface area contributed by atoms with E-state index in [4.69, 9.17) is 5.11 Å². The van der Waals surface area contributed by atoms with Crippen LogP contribution in [-0.4, -0.2) is 50.8 Å². The number of carboxylic acids is 1. The molecule has 2 heterocycles. The first kappa shape index (κ1) is 13.8. The molecular weight excluding hydrogens is 270 g/mol. The molecule has 1 aromatic rings. The third-order valence-corrected chi connectivity index (χ3v) is 4.06. The largest absolute Gasteiger partial charge is 0.480 e. The number of nitrogens with one attached hydrogen (secondary N) is 1. The molecule has 1 fully saturated rings. The number of thiazole rings is 1. The smallest absolute Gasteiger partial charge is 0.326 e. The monoisotopic (exact) mass is 285 g/mol. The number of aromatic nitrogens is 1. The molecule has 0 radical (unpaired) electrons. The lowest BCUT2D eigenvalue weighted by Gasteiger charge is -2.20. The zero-order chi connectivity index (χ0) is 14.2. The van der Waals surface area contributed by atoms with Gasteiger partial charge in [-0.1, -0.05) is 0 Å². The van der Waals surface area contributed by atoms with E-state index in [-0.39, 0.29) is 13.0 Å². The summed E-state index contributed by atoms with van der Waals surface area (Å²) in [6, 6.07) is -1.53. The summed E-state index contributed by atoms with van der Waals surface area (Å²) in [5.74, 6) is -1.11. The summed E-state index contributed by atoms with van der Waals surface area (Å²) in [5.41, 5.74) is 0.830. The van der Waals surface area contributed by atoms with Crippen molar-refractivity contribution in [2.24, 2.45) is 0 Å². The van der Waals surface area contributed by atoms with Crippen molar-refractivity contribution < 1.29 is 19.8 Å². The second-order valence-corrected chi connectivity index (χ2v) is 5.69. The number of amides is 2. The number of hydrogen-bond acceptors (Lipinski definition) is 5. The standard InChI is InChI=1S/C11H15N3O4S/c1-5-6(2)19-10(12-5)13-11(18)14-4-7(15)3-8(14)9(16)17/h7-8,15H,3-4H2,1-2H3,(H,16,17)(H,12,13,18). The van der Waals surface area contributed by atoms with Crippen LogP contribution >= 0.6 is 11.3 Å². The van der Waals surface area contributed by atoms with E-state index in [2.05, 4.69) is 10.3 Å². The molecule has 104 valence electrons. The molecule has 0 aliphatic carbocycles. The number of carbonyl (C=O) groups excluding carboxylic acids is 1. The van der Waals surface area contributed by atoms with Gasteiger partial charge in [-0.05, 0) is 13.8 Å². The van der Waals surface area contributed by atoms with Gasteiger partial charge in [0.15, 0.2) is 5.13 Å². The predicted molar refractivity (Wildman–Crippen MR) is 69.4 cm³/mol. The Labute approximate surface area is 113 Å². The van der Waals surface area contributed by atoms with Crippen molar-refractivity contribution in [1.82, 2.24) is 9.88 Å². The maximum Gasteiger partial charge on any atom is 0.326 e. The average molecular weight is 285 g/mol. The SMILES string of the molecule is Cc1nc(NC(=O)N2CC(O)CC2C(=O)O)sc1C. The lowest BCUT2D eigenvalue weighted by molar-refractivity contribution is -0.141. The van der Waals surface area contributed by atoms with E-state index in [0.717, 1.165) is 15.5 Å². The first-order valence-corrected chi connectivity index (χ1v) is 6.62. The minimum atomic E-state index is -1.11. The number of carbonyl (C=O) groups is 2. The van der Waals surface area contributed by atoms with E-state index in [1.807, 2.05) is 13.8 Å². The average Bonchev–Trinajstić information content (AvgIpc) is 2.83. The maximum atomic E-state index is 12.0. The third-order valence-electron chi connectivity index (χ3n) is 3.07. The van der Waals surface area contributed by atoms with Crippen LogP contribution in [0.5, 0.6) is 0 Å². The van der Waals surface area contributed by atoms with Crippen LogP contribution in [0.3, 0.4) is 0 Å². The summed E-state index contributed by atoms with van der Waals surface area (Å²) in [4.78, 5) is 29.3. The second kappa shape index (κ2) is 5.14.